The van der Waals surface area contributed by atoms with E-state index in [2.05, 4.69) is 40.6 Å². The highest BCUT2D eigenvalue weighted by Crippen LogP contribution is 2.23. The minimum Gasteiger partial charge on any atom is -0.312 e. The standard InChI is InChI=1S/C14H14N2/c1-2-14-10-16-8-5-13(14)9-12(1)11-3-6-15-7-4-11/h1-4,6-7,9,16H,5,8,10H2. The smallest absolute Gasteiger partial charge is 0.0273 e. The van der Waals surface area contributed by atoms with Crippen LogP contribution in [0.15, 0.2) is 42.7 Å². The summed E-state index contributed by atoms with van der Waals surface area (Å²) < 4.78 is 0. The molecule has 1 aliphatic rings. The van der Waals surface area contributed by atoms with Gasteiger partial charge in [-0.15, -0.1) is 0 Å². The summed E-state index contributed by atoms with van der Waals surface area (Å²) in [6.45, 7) is 2.10. The van der Waals surface area contributed by atoms with Gasteiger partial charge in [-0.2, -0.15) is 0 Å². The Morgan fingerprint density at radius 3 is 2.69 bits per heavy atom. The number of benzene rings is 1. The molecule has 2 heteroatoms. The van der Waals surface area contributed by atoms with E-state index < -0.39 is 0 Å². The predicted molar refractivity (Wildman–Crippen MR) is 65.1 cm³/mol. The molecule has 1 aliphatic heterocycles. The maximum atomic E-state index is 4.05. The van der Waals surface area contributed by atoms with E-state index in [4.69, 9.17) is 0 Å². The van der Waals surface area contributed by atoms with Crippen LogP contribution in [0.3, 0.4) is 0 Å². The van der Waals surface area contributed by atoms with Gasteiger partial charge in [0.2, 0.25) is 0 Å². The van der Waals surface area contributed by atoms with Gasteiger partial charge in [0.1, 0.15) is 0 Å². The Labute approximate surface area is 95.3 Å². The zero-order chi connectivity index (χ0) is 10.8. The van der Waals surface area contributed by atoms with Crippen LogP contribution in [0.25, 0.3) is 11.1 Å². The van der Waals surface area contributed by atoms with E-state index in [9.17, 15) is 0 Å². The lowest BCUT2D eigenvalue weighted by Crippen LogP contribution is -2.23. The van der Waals surface area contributed by atoms with Crippen LogP contribution in [0.1, 0.15) is 11.1 Å². The van der Waals surface area contributed by atoms with Crippen LogP contribution >= 0.6 is 0 Å². The molecule has 0 saturated heterocycles. The number of nitrogens with zero attached hydrogens (tertiary/aromatic N) is 1. The Bertz CT molecular complexity index is 491. The maximum Gasteiger partial charge on any atom is 0.0273 e. The van der Waals surface area contributed by atoms with Crippen LogP contribution < -0.4 is 5.32 Å². The van der Waals surface area contributed by atoms with Gasteiger partial charge in [-0.05, 0) is 47.4 Å². The molecule has 1 aromatic carbocycles. The average molecular weight is 210 g/mol. The zero-order valence-corrected chi connectivity index (χ0v) is 9.11. The van der Waals surface area contributed by atoms with Crippen molar-refractivity contribution < 1.29 is 0 Å². The van der Waals surface area contributed by atoms with Crippen molar-refractivity contribution in [3.8, 4) is 11.1 Å². The summed E-state index contributed by atoms with van der Waals surface area (Å²) in [5, 5.41) is 3.39. The van der Waals surface area contributed by atoms with Crippen LogP contribution in [0.5, 0.6) is 0 Å². The molecule has 0 atom stereocenters. The van der Waals surface area contributed by atoms with E-state index >= 15 is 0 Å². The molecule has 1 N–H and O–H groups in total. The maximum absolute atomic E-state index is 4.05. The van der Waals surface area contributed by atoms with Gasteiger partial charge >= 0.3 is 0 Å². The molecule has 80 valence electrons. The lowest BCUT2D eigenvalue weighted by atomic mass is 9.96. The van der Waals surface area contributed by atoms with Crippen molar-refractivity contribution in [3.63, 3.8) is 0 Å². The van der Waals surface area contributed by atoms with Gasteiger partial charge in [-0.1, -0.05) is 18.2 Å². The summed E-state index contributed by atoms with van der Waals surface area (Å²) in [6, 6.07) is 10.9. The van der Waals surface area contributed by atoms with Gasteiger partial charge in [0, 0.05) is 18.9 Å². The molecule has 0 radical (unpaired) electrons. The first-order valence-corrected chi connectivity index (χ1v) is 5.66. The Balaban J connectivity index is 2.03. The molecule has 2 aromatic rings. The number of pyridine rings is 1. The van der Waals surface area contributed by atoms with Crippen molar-refractivity contribution in [1.82, 2.24) is 10.3 Å². The second-order valence-electron chi connectivity index (χ2n) is 4.15. The minimum absolute atomic E-state index is 1.01. The number of aromatic nitrogens is 1. The molecule has 0 fully saturated rings. The van der Waals surface area contributed by atoms with Crippen LogP contribution in [-0.2, 0) is 13.0 Å². The summed E-state index contributed by atoms with van der Waals surface area (Å²) in [4.78, 5) is 4.05. The fourth-order valence-electron chi connectivity index (χ4n) is 2.20. The van der Waals surface area contributed by atoms with Crippen LogP contribution in [0.2, 0.25) is 0 Å². The van der Waals surface area contributed by atoms with Crippen molar-refractivity contribution >= 4 is 0 Å². The SMILES string of the molecule is c1cc(-c2ccc3c(c2)CCNC3)ccn1. The first-order valence-electron chi connectivity index (χ1n) is 5.66. The largest absolute Gasteiger partial charge is 0.312 e. The second kappa shape index (κ2) is 4.06. The fraction of sp³-hybridized carbons (Fsp3) is 0.214. The highest BCUT2D eigenvalue weighted by molar-refractivity contribution is 5.64. The number of fused-ring (bicyclic) bond motifs is 1. The topological polar surface area (TPSA) is 24.9 Å². The first-order chi connectivity index (χ1) is 7.93. The van der Waals surface area contributed by atoms with E-state index in [1.807, 2.05) is 12.4 Å². The van der Waals surface area contributed by atoms with E-state index in [1.165, 1.54) is 22.3 Å². The molecule has 1 aromatic heterocycles. The van der Waals surface area contributed by atoms with Crippen molar-refractivity contribution in [2.24, 2.45) is 0 Å². The molecule has 2 nitrogen and oxygen atoms in total. The summed E-state index contributed by atoms with van der Waals surface area (Å²) in [6.07, 6.45) is 4.82. The van der Waals surface area contributed by atoms with Crippen LogP contribution in [0.4, 0.5) is 0 Å². The molecule has 0 bridgehead atoms. The quantitative estimate of drug-likeness (QED) is 0.781. The van der Waals surface area contributed by atoms with E-state index in [0.717, 1.165) is 19.5 Å². The molecule has 16 heavy (non-hydrogen) atoms. The van der Waals surface area contributed by atoms with Crippen LogP contribution in [0, 0.1) is 0 Å². The lowest BCUT2D eigenvalue weighted by molar-refractivity contribution is 0.644. The summed E-state index contributed by atoms with van der Waals surface area (Å²) >= 11 is 0. The third-order valence-electron chi connectivity index (χ3n) is 3.11. The monoisotopic (exact) mass is 210 g/mol. The summed E-state index contributed by atoms with van der Waals surface area (Å²) in [5.41, 5.74) is 5.46. The van der Waals surface area contributed by atoms with Gasteiger partial charge in [-0.25, -0.2) is 0 Å². The molecule has 0 spiro atoms. The molecule has 3 rings (SSSR count). The minimum atomic E-state index is 1.01. The first kappa shape index (κ1) is 9.55. The van der Waals surface area contributed by atoms with Gasteiger partial charge in [-0.3, -0.25) is 4.98 Å². The average Bonchev–Trinajstić information content (AvgIpc) is 2.39. The number of hydrogen-bond acceptors (Lipinski definition) is 2. The van der Waals surface area contributed by atoms with Crippen LogP contribution in [-0.4, -0.2) is 11.5 Å². The molecule has 0 unspecified atom stereocenters. The number of rotatable bonds is 1. The van der Waals surface area contributed by atoms with Crippen molar-refractivity contribution in [2.45, 2.75) is 13.0 Å². The van der Waals surface area contributed by atoms with E-state index in [1.54, 1.807) is 0 Å². The molecule has 0 aliphatic carbocycles. The highest BCUT2D eigenvalue weighted by atomic mass is 14.9. The molecule has 2 heterocycles. The number of nitrogens with one attached hydrogen (secondary N) is 1. The third-order valence-corrected chi connectivity index (χ3v) is 3.11. The molecule has 0 amide bonds. The van der Waals surface area contributed by atoms with E-state index in [-0.39, 0.29) is 0 Å². The Morgan fingerprint density at radius 2 is 1.81 bits per heavy atom. The van der Waals surface area contributed by atoms with Gasteiger partial charge in [0.05, 0.1) is 0 Å². The van der Waals surface area contributed by atoms with E-state index in [0.29, 0.717) is 0 Å². The van der Waals surface area contributed by atoms with Gasteiger partial charge in [0.25, 0.3) is 0 Å². The molecular weight excluding hydrogens is 196 g/mol. The Hall–Kier alpha value is -1.67. The normalized spacial score (nSPS) is 14.5. The second-order valence-corrected chi connectivity index (χ2v) is 4.15. The van der Waals surface area contributed by atoms with Gasteiger partial charge < -0.3 is 5.32 Å². The van der Waals surface area contributed by atoms with Gasteiger partial charge in [0.15, 0.2) is 0 Å². The van der Waals surface area contributed by atoms with Crippen molar-refractivity contribution in [3.05, 3.63) is 53.9 Å². The summed E-state index contributed by atoms with van der Waals surface area (Å²) in [7, 11) is 0. The Morgan fingerprint density at radius 1 is 0.938 bits per heavy atom. The van der Waals surface area contributed by atoms with Crippen molar-refractivity contribution in [1.29, 1.82) is 0 Å². The highest BCUT2D eigenvalue weighted by Gasteiger charge is 2.09. The predicted octanol–water partition coefficient (Wildman–Crippen LogP) is 2.39. The summed E-state index contributed by atoms with van der Waals surface area (Å²) in [5.74, 6) is 0. The lowest BCUT2D eigenvalue weighted by Gasteiger charge is -2.17. The number of hydrogen-bond donors (Lipinski definition) is 1. The zero-order valence-electron chi connectivity index (χ0n) is 9.11. The molecular formula is C14H14N2. The Kier molecular flexibility index (Phi) is 2.43. The third kappa shape index (κ3) is 1.72. The molecule has 0 saturated carbocycles. The van der Waals surface area contributed by atoms with Crippen molar-refractivity contribution in [2.75, 3.05) is 6.54 Å². The fourth-order valence-corrected chi connectivity index (χ4v) is 2.20.